The maximum Gasteiger partial charge on any atom is 0.235 e. The third-order valence-corrected chi connectivity index (χ3v) is 3.57. The van der Waals surface area contributed by atoms with E-state index in [0.717, 1.165) is 21.5 Å². The average Bonchev–Trinajstić information content (AvgIpc) is 3.00. The predicted octanol–water partition coefficient (Wildman–Crippen LogP) is 0.526. The molecule has 8 nitrogen and oxygen atoms in total. The fourth-order valence-electron chi connectivity index (χ4n) is 1.73. The van der Waals surface area contributed by atoms with Crippen LogP contribution in [0.5, 0.6) is 0 Å². The first-order valence-corrected chi connectivity index (χ1v) is 6.83. The molecule has 3 aromatic rings. The molecular formula is C10H14N8S. The lowest BCUT2D eigenvalue weighted by atomic mass is 10.2. The van der Waals surface area contributed by atoms with E-state index in [1.807, 2.05) is 6.20 Å². The minimum atomic E-state index is 0.276. The fourth-order valence-corrected chi connectivity index (χ4v) is 2.53. The Morgan fingerprint density at radius 2 is 2.16 bits per heavy atom. The summed E-state index contributed by atoms with van der Waals surface area (Å²) in [6.07, 6.45) is 1.84. The summed E-state index contributed by atoms with van der Waals surface area (Å²) in [6, 6.07) is 0. The molecule has 0 spiro atoms. The molecule has 0 bridgehead atoms. The van der Waals surface area contributed by atoms with Gasteiger partial charge in [0.05, 0.1) is 12.7 Å². The monoisotopic (exact) mass is 278 g/mol. The summed E-state index contributed by atoms with van der Waals surface area (Å²) in [5.74, 6) is 1.13. The maximum atomic E-state index is 5.48. The Kier molecular flexibility index (Phi) is 2.99. The Hall–Kier alpha value is -1.87. The van der Waals surface area contributed by atoms with Crippen LogP contribution in [0.15, 0.2) is 6.20 Å². The largest absolute Gasteiger partial charge is 0.329 e. The highest BCUT2D eigenvalue weighted by atomic mass is 32.1. The van der Waals surface area contributed by atoms with Gasteiger partial charge in [-0.25, -0.2) is 0 Å². The van der Waals surface area contributed by atoms with Gasteiger partial charge in [0.1, 0.15) is 5.69 Å². The van der Waals surface area contributed by atoms with E-state index in [1.165, 1.54) is 11.3 Å². The van der Waals surface area contributed by atoms with Gasteiger partial charge in [-0.2, -0.15) is 9.61 Å². The Labute approximate surface area is 113 Å². The molecule has 2 N–H and O–H groups in total. The van der Waals surface area contributed by atoms with Crippen LogP contribution in [-0.2, 0) is 6.54 Å². The second kappa shape index (κ2) is 4.67. The quantitative estimate of drug-likeness (QED) is 0.747. The molecule has 0 radical (unpaired) electrons. The molecule has 0 atom stereocenters. The number of nitrogens with two attached hydrogens (primary N) is 1. The average molecular weight is 278 g/mol. The normalized spacial score (nSPS) is 11.8. The van der Waals surface area contributed by atoms with Gasteiger partial charge in [0, 0.05) is 12.5 Å². The van der Waals surface area contributed by atoms with E-state index in [1.54, 1.807) is 9.20 Å². The van der Waals surface area contributed by atoms with Crippen molar-refractivity contribution in [1.29, 1.82) is 0 Å². The summed E-state index contributed by atoms with van der Waals surface area (Å²) in [6.45, 7) is 5.31. The van der Waals surface area contributed by atoms with E-state index in [2.05, 4.69) is 39.5 Å². The molecule has 0 fully saturated rings. The summed E-state index contributed by atoms with van der Waals surface area (Å²) in [4.78, 5) is 0.770. The molecule has 0 aliphatic rings. The molecule has 9 heteroatoms. The number of fused-ring (bicyclic) bond motifs is 1. The predicted molar refractivity (Wildman–Crippen MR) is 70.8 cm³/mol. The van der Waals surface area contributed by atoms with Crippen molar-refractivity contribution in [2.75, 3.05) is 6.54 Å². The molecular weight excluding hydrogens is 264 g/mol. The number of nitrogens with zero attached hydrogens (tertiary/aromatic N) is 7. The van der Waals surface area contributed by atoms with E-state index in [0.29, 0.717) is 13.1 Å². The van der Waals surface area contributed by atoms with Crippen LogP contribution in [0.4, 0.5) is 0 Å². The Morgan fingerprint density at radius 1 is 1.32 bits per heavy atom. The molecule has 0 aliphatic heterocycles. The number of rotatable bonds is 4. The van der Waals surface area contributed by atoms with Gasteiger partial charge < -0.3 is 5.73 Å². The van der Waals surface area contributed by atoms with Crippen molar-refractivity contribution < 1.29 is 0 Å². The number of aromatic nitrogens is 7. The van der Waals surface area contributed by atoms with Crippen LogP contribution in [0.1, 0.15) is 25.6 Å². The highest BCUT2D eigenvalue weighted by Crippen LogP contribution is 2.25. The Balaban J connectivity index is 2.00. The molecule has 100 valence electrons. The molecule has 3 rings (SSSR count). The SMILES string of the molecule is CC(C)c1nnc2sc(-c3cn(CCN)nn3)nn12. The van der Waals surface area contributed by atoms with E-state index in [-0.39, 0.29) is 5.92 Å². The highest BCUT2D eigenvalue weighted by molar-refractivity contribution is 7.19. The van der Waals surface area contributed by atoms with Crippen LogP contribution in [0.25, 0.3) is 15.7 Å². The van der Waals surface area contributed by atoms with E-state index < -0.39 is 0 Å². The molecule has 0 aromatic carbocycles. The van der Waals surface area contributed by atoms with Gasteiger partial charge in [-0.3, -0.25) is 4.68 Å². The highest BCUT2D eigenvalue weighted by Gasteiger charge is 2.16. The van der Waals surface area contributed by atoms with E-state index >= 15 is 0 Å². The van der Waals surface area contributed by atoms with Crippen molar-refractivity contribution in [3.8, 4) is 10.7 Å². The minimum Gasteiger partial charge on any atom is -0.329 e. The van der Waals surface area contributed by atoms with Crippen molar-refractivity contribution in [1.82, 2.24) is 34.8 Å². The van der Waals surface area contributed by atoms with Gasteiger partial charge in [-0.05, 0) is 0 Å². The third kappa shape index (κ3) is 2.10. The first-order valence-electron chi connectivity index (χ1n) is 6.01. The van der Waals surface area contributed by atoms with E-state index in [4.69, 9.17) is 5.73 Å². The van der Waals surface area contributed by atoms with Crippen LogP contribution in [0.3, 0.4) is 0 Å². The summed E-state index contributed by atoms with van der Waals surface area (Å²) in [5, 5.41) is 21.6. The lowest BCUT2D eigenvalue weighted by molar-refractivity contribution is 0.598. The van der Waals surface area contributed by atoms with Crippen LogP contribution in [0.2, 0.25) is 0 Å². The summed E-state index contributed by atoms with van der Waals surface area (Å²) in [7, 11) is 0. The summed E-state index contributed by atoms with van der Waals surface area (Å²) in [5.41, 5.74) is 6.22. The minimum absolute atomic E-state index is 0.276. The van der Waals surface area contributed by atoms with Crippen molar-refractivity contribution in [3.05, 3.63) is 12.0 Å². The molecule has 3 aromatic heterocycles. The number of hydrogen-bond donors (Lipinski definition) is 1. The molecule has 3 heterocycles. The van der Waals surface area contributed by atoms with Crippen molar-refractivity contribution in [2.24, 2.45) is 5.73 Å². The topological polar surface area (TPSA) is 99.8 Å². The van der Waals surface area contributed by atoms with Crippen molar-refractivity contribution >= 4 is 16.3 Å². The zero-order valence-electron chi connectivity index (χ0n) is 10.7. The van der Waals surface area contributed by atoms with Crippen molar-refractivity contribution in [2.45, 2.75) is 26.3 Å². The number of hydrogen-bond acceptors (Lipinski definition) is 7. The van der Waals surface area contributed by atoms with Gasteiger partial charge in [-0.15, -0.1) is 15.3 Å². The molecule has 0 aliphatic carbocycles. The van der Waals surface area contributed by atoms with Gasteiger partial charge in [0.15, 0.2) is 10.8 Å². The van der Waals surface area contributed by atoms with Crippen molar-refractivity contribution in [3.63, 3.8) is 0 Å². The maximum absolute atomic E-state index is 5.48. The fraction of sp³-hybridized carbons (Fsp3) is 0.500. The van der Waals surface area contributed by atoms with Crippen LogP contribution in [0, 0.1) is 0 Å². The first-order chi connectivity index (χ1) is 9.19. The van der Waals surface area contributed by atoms with Gasteiger partial charge in [-0.1, -0.05) is 30.4 Å². The Bertz CT molecular complexity index is 693. The second-order valence-corrected chi connectivity index (χ2v) is 5.43. The summed E-state index contributed by atoms with van der Waals surface area (Å²) < 4.78 is 3.48. The van der Waals surface area contributed by atoms with Crippen LogP contribution >= 0.6 is 11.3 Å². The lowest BCUT2D eigenvalue weighted by Crippen LogP contribution is -2.10. The van der Waals surface area contributed by atoms with E-state index in [9.17, 15) is 0 Å². The smallest absolute Gasteiger partial charge is 0.235 e. The van der Waals surface area contributed by atoms with Gasteiger partial charge >= 0.3 is 0 Å². The third-order valence-electron chi connectivity index (χ3n) is 2.65. The van der Waals surface area contributed by atoms with Crippen LogP contribution < -0.4 is 5.73 Å². The zero-order valence-corrected chi connectivity index (χ0v) is 11.5. The standard InChI is InChI=1S/C10H14N8S/c1-6(2)8-13-14-10-18(8)15-9(19-10)7-5-17(4-3-11)16-12-7/h5-6H,3-4,11H2,1-2H3. The Morgan fingerprint density at radius 3 is 2.89 bits per heavy atom. The van der Waals surface area contributed by atoms with Crippen LogP contribution in [-0.4, -0.2) is 41.4 Å². The first kappa shape index (κ1) is 12.2. The molecule has 0 saturated carbocycles. The molecule has 19 heavy (non-hydrogen) atoms. The summed E-state index contributed by atoms with van der Waals surface area (Å²) >= 11 is 1.45. The molecule has 0 amide bonds. The van der Waals surface area contributed by atoms with Gasteiger partial charge in [0.25, 0.3) is 0 Å². The molecule has 0 saturated heterocycles. The molecule has 0 unspecified atom stereocenters. The zero-order chi connectivity index (χ0) is 13.4. The van der Waals surface area contributed by atoms with Gasteiger partial charge in [0.2, 0.25) is 4.96 Å². The second-order valence-electron chi connectivity index (χ2n) is 4.47. The lowest BCUT2D eigenvalue weighted by Gasteiger charge is -1.97.